The monoisotopic (exact) mass is 474 g/mol. The lowest BCUT2D eigenvalue weighted by atomic mass is 9.96. The largest absolute Gasteiger partial charge is 0.490 e. The molecule has 0 bridgehead atoms. The highest BCUT2D eigenvalue weighted by Crippen LogP contribution is 2.26. The second-order valence-corrected chi connectivity index (χ2v) is 8.68. The molecular weight excluding hydrogens is 443 g/mol. The molecule has 0 spiro atoms. The molecule has 184 valence electrons. The zero-order chi connectivity index (χ0) is 24.0. The molecule has 10 heteroatoms. The summed E-state index contributed by atoms with van der Waals surface area (Å²) >= 11 is 0. The molecule has 0 unspecified atom stereocenters. The molecule has 2 aliphatic rings. The maximum absolute atomic E-state index is 13.3. The molecular formula is C24H31FN4O5. The van der Waals surface area contributed by atoms with Gasteiger partial charge in [0.05, 0.1) is 32.8 Å². The van der Waals surface area contributed by atoms with Gasteiger partial charge in [0.25, 0.3) is 0 Å². The van der Waals surface area contributed by atoms with Gasteiger partial charge in [-0.3, -0.25) is 9.59 Å². The van der Waals surface area contributed by atoms with Crippen LogP contribution in [0.15, 0.2) is 36.7 Å². The van der Waals surface area contributed by atoms with Gasteiger partial charge in [-0.1, -0.05) is 0 Å². The van der Waals surface area contributed by atoms with Crippen molar-refractivity contribution in [2.75, 3.05) is 52.6 Å². The molecule has 2 amide bonds. The van der Waals surface area contributed by atoms with Crippen LogP contribution in [0.2, 0.25) is 0 Å². The molecule has 0 radical (unpaired) electrons. The number of hydrogen-bond acceptors (Lipinski definition) is 6. The van der Waals surface area contributed by atoms with E-state index < -0.39 is 5.60 Å². The van der Waals surface area contributed by atoms with Crippen molar-refractivity contribution in [1.82, 2.24) is 19.4 Å². The maximum Gasteiger partial charge on any atom is 0.225 e. The van der Waals surface area contributed by atoms with E-state index in [2.05, 4.69) is 4.98 Å². The third-order valence-electron chi connectivity index (χ3n) is 6.24. The Bertz CT molecular complexity index is 976. The molecule has 3 heterocycles. The highest BCUT2D eigenvalue weighted by atomic mass is 19.1. The first-order valence-electron chi connectivity index (χ1n) is 11.6. The lowest BCUT2D eigenvalue weighted by Gasteiger charge is -2.43. The number of nitrogens with zero attached hydrogens (tertiary/aromatic N) is 4. The van der Waals surface area contributed by atoms with E-state index in [1.807, 2.05) is 17.7 Å². The van der Waals surface area contributed by atoms with E-state index >= 15 is 0 Å². The number of carbonyl (C=O) groups excluding carboxylic acids is 2. The van der Waals surface area contributed by atoms with Crippen molar-refractivity contribution in [2.45, 2.75) is 31.9 Å². The van der Waals surface area contributed by atoms with E-state index in [-0.39, 0.29) is 37.2 Å². The smallest absolute Gasteiger partial charge is 0.225 e. The quantitative estimate of drug-likeness (QED) is 0.578. The number of hydrogen-bond donors (Lipinski definition) is 0. The van der Waals surface area contributed by atoms with E-state index in [1.165, 1.54) is 24.3 Å². The Morgan fingerprint density at radius 1 is 1.09 bits per heavy atom. The molecule has 2 saturated heterocycles. The van der Waals surface area contributed by atoms with Crippen molar-refractivity contribution in [3.63, 3.8) is 0 Å². The van der Waals surface area contributed by atoms with Crippen LogP contribution in [0.1, 0.15) is 18.7 Å². The number of benzene rings is 1. The van der Waals surface area contributed by atoms with Gasteiger partial charge in [0.2, 0.25) is 11.8 Å². The molecule has 1 aromatic carbocycles. The molecule has 34 heavy (non-hydrogen) atoms. The van der Waals surface area contributed by atoms with Gasteiger partial charge in [-0.2, -0.15) is 0 Å². The highest BCUT2D eigenvalue weighted by molar-refractivity contribution is 5.79. The Labute approximate surface area is 198 Å². The van der Waals surface area contributed by atoms with Gasteiger partial charge in [0.1, 0.15) is 29.6 Å². The molecule has 0 N–H and O–H groups in total. The Balaban J connectivity index is 1.44. The van der Waals surface area contributed by atoms with Crippen LogP contribution < -0.4 is 4.74 Å². The third kappa shape index (κ3) is 6.12. The summed E-state index contributed by atoms with van der Waals surface area (Å²) in [4.78, 5) is 33.8. The van der Waals surface area contributed by atoms with Crippen LogP contribution in [0.4, 0.5) is 4.39 Å². The van der Waals surface area contributed by atoms with Gasteiger partial charge in [-0.25, -0.2) is 9.37 Å². The van der Waals surface area contributed by atoms with Crippen LogP contribution in [-0.4, -0.2) is 89.4 Å². The molecule has 1 atom stereocenters. The minimum atomic E-state index is -0.997. The molecule has 2 fully saturated rings. The van der Waals surface area contributed by atoms with Gasteiger partial charge < -0.3 is 28.6 Å². The predicted molar refractivity (Wildman–Crippen MR) is 121 cm³/mol. The lowest BCUT2D eigenvalue weighted by Crippen LogP contribution is -2.58. The fraction of sp³-hybridized carbons (Fsp3) is 0.542. The van der Waals surface area contributed by atoms with Gasteiger partial charge in [-0.05, 0) is 31.2 Å². The number of carbonyl (C=O) groups is 2. The van der Waals surface area contributed by atoms with Crippen LogP contribution in [0.5, 0.6) is 5.75 Å². The van der Waals surface area contributed by atoms with Crippen molar-refractivity contribution < 1.29 is 28.2 Å². The molecule has 4 rings (SSSR count). The normalized spacial score (nSPS) is 20.9. The summed E-state index contributed by atoms with van der Waals surface area (Å²) in [5, 5.41) is 0. The van der Waals surface area contributed by atoms with E-state index in [9.17, 15) is 14.0 Å². The number of imidazole rings is 1. The average molecular weight is 475 g/mol. The second-order valence-electron chi connectivity index (χ2n) is 8.68. The number of morpholine rings is 2. The zero-order valence-corrected chi connectivity index (χ0v) is 19.5. The Kier molecular flexibility index (Phi) is 7.79. The minimum absolute atomic E-state index is 0.0126. The van der Waals surface area contributed by atoms with E-state index in [4.69, 9.17) is 14.2 Å². The molecule has 0 aliphatic carbocycles. The first-order chi connectivity index (χ1) is 16.4. The van der Waals surface area contributed by atoms with Crippen LogP contribution in [0, 0.1) is 12.7 Å². The SMILES string of the molecule is Cc1nccn1CCC(=O)N1CCO[C@](COc2ccc(F)cc2)(CC(=O)N2CCOCC2)C1. The molecule has 2 aromatic rings. The van der Waals surface area contributed by atoms with Gasteiger partial charge in [0.15, 0.2) is 0 Å². The van der Waals surface area contributed by atoms with Crippen LogP contribution in [-0.2, 0) is 25.6 Å². The number of rotatable bonds is 8. The highest BCUT2D eigenvalue weighted by Gasteiger charge is 2.42. The van der Waals surface area contributed by atoms with E-state index in [0.717, 1.165) is 5.82 Å². The summed E-state index contributed by atoms with van der Waals surface area (Å²) in [7, 11) is 0. The summed E-state index contributed by atoms with van der Waals surface area (Å²) < 4.78 is 32.6. The number of halogens is 1. The van der Waals surface area contributed by atoms with Crippen molar-refractivity contribution >= 4 is 11.8 Å². The average Bonchev–Trinajstić information content (AvgIpc) is 3.27. The molecule has 2 aliphatic heterocycles. The number of aromatic nitrogens is 2. The van der Waals surface area contributed by atoms with Crippen molar-refractivity contribution in [2.24, 2.45) is 0 Å². The van der Waals surface area contributed by atoms with Crippen molar-refractivity contribution in [1.29, 1.82) is 0 Å². The minimum Gasteiger partial charge on any atom is -0.490 e. The van der Waals surface area contributed by atoms with E-state index in [0.29, 0.717) is 58.2 Å². The first-order valence-corrected chi connectivity index (χ1v) is 11.6. The van der Waals surface area contributed by atoms with Gasteiger partial charge >= 0.3 is 0 Å². The Morgan fingerprint density at radius 2 is 1.82 bits per heavy atom. The van der Waals surface area contributed by atoms with Gasteiger partial charge in [0, 0.05) is 45.0 Å². The van der Waals surface area contributed by atoms with Gasteiger partial charge in [-0.15, -0.1) is 0 Å². The summed E-state index contributed by atoms with van der Waals surface area (Å²) in [6.45, 7) is 5.56. The maximum atomic E-state index is 13.3. The van der Waals surface area contributed by atoms with E-state index in [1.54, 1.807) is 16.0 Å². The molecule has 9 nitrogen and oxygen atoms in total. The molecule has 1 aromatic heterocycles. The van der Waals surface area contributed by atoms with Crippen molar-refractivity contribution in [3.05, 3.63) is 48.3 Å². The fourth-order valence-electron chi connectivity index (χ4n) is 4.26. The summed E-state index contributed by atoms with van der Waals surface area (Å²) in [6.07, 6.45) is 3.97. The second kappa shape index (κ2) is 11.0. The van der Waals surface area contributed by atoms with Crippen LogP contribution in [0.3, 0.4) is 0 Å². The topological polar surface area (TPSA) is 86.1 Å². The van der Waals surface area contributed by atoms with Crippen LogP contribution in [0.25, 0.3) is 0 Å². The number of ether oxygens (including phenoxy) is 3. The fourth-order valence-corrected chi connectivity index (χ4v) is 4.26. The summed E-state index contributed by atoms with van der Waals surface area (Å²) in [5.74, 6) is 0.897. The predicted octanol–water partition coefficient (Wildman–Crippen LogP) is 1.65. The Hall–Kier alpha value is -2.98. The van der Waals surface area contributed by atoms with Crippen LogP contribution >= 0.6 is 0 Å². The van der Waals surface area contributed by atoms with Crippen molar-refractivity contribution in [3.8, 4) is 5.75 Å². The third-order valence-corrected chi connectivity index (χ3v) is 6.24. The summed E-state index contributed by atoms with van der Waals surface area (Å²) in [5.41, 5.74) is -0.997. The molecule has 0 saturated carbocycles. The summed E-state index contributed by atoms with van der Waals surface area (Å²) in [6, 6.07) is 5.70. The first kappa shape index (κ1) is 24.2. The number of amides is 2. The lowest BCUT2D eigenvalue weighted by molar-refractivity contribution is -0.167. The zero-order valence-electron chi connectivity index (χ0n) is 19.5. The number of aryl methyl sites for hydroxylation is 2. The Morgan fingerprint density at radius 3 is 2.53 bits per heavy atom. The standard InChI is InChI=1S/C24H31FN4O5/c1-19-26-7-9-27(19)8-6-22(30)29-12-15-34-24(17-29,16-23(31)28-10-13-32-14-11-28)18-33-21-4-2-20(25)3-5-21/h2-5,7,9H,6,8,10-18H2,1H3/t24-/m1/s1.